The normalized spacial score (nSPS) is 12.9. The Hall–Kier alpha value is -2.36. The van der Waals surface area contributed by atoms with Crippen molar-refractivity contribution in [3.8, 4) is 11.8 Å². The van der Waals surface area contributed by atoms with Gasteiger partial charge in [0.25, 0.3) is 0 Å². The number of hydrogen-bond donors (Lipinski definition) is 1. The van der Waals surface area contributed by atoms with Crippen LogP contribution in [0.15, 0.2) is 23.1 Å². The van der Waals surface area contributed by atoms with E-state index in [1.165, 1.54) is 17.4 Å². The van der Waals surface area contributed by atoms with Crippen molar-refractivity contribution in [2.24, 2.45) is 0 Å². The van der Waals surface area contributed by atoms with E-state index in [4.69, 9.17) is 9.47 Å². The summed E-state index contributed by atoms with van der Waals surface area (Å²) in [7, 11) is 0. The maximum absolute atomic E-state index is 12.3. The second kappa shape index (κ2) is 6.82. The number of nitrogens with one attached hydrogen (secondary N) is 1. The number of rotatable bonds is 2. The van der Waals surface area contributed by atoms with Crippen molar-refractivity contribution in [3.05, 3.63) is 55.1 Å². The first kappa shape index (κ1) is 15.5. The second-order valence-electron chi connectivity index (χ2n) is 4.92. The van der Waals surface area contributed by atoms with Gasteiger partial charge in [0.15, 0.2) is 0 Å². The van der Waals surface area contributed by atoms with Gasteiger partial charge in [-0.15, -0.1) is 11.3 Å². The molecule has 0 radical (unpaired) electrons. The number of carbonyl (C=O) groups excluding carboxylic acids is 1. The Morgan fingerprint density at radius 1 is 1.43 bits per heavy atom. The van der Waals surface area contributed by atoms with E-state index in [0.717, 1.165) is 10.4 Å². The third kappa shape index (κ3) is 3.36. The van der Waals surface area contributed by atoms with E-state index in [2.05, 4.69) is 16.8 Å². The molecule has 3 rings (SSSR count). The minimum Gasteiger partial charge on any atom is -0.462 e. The van der Waals surface area contributed by atoms with E-state index < -0.39 is 0 Å². The minimum absolute atomic E-state index is 0.175. The maximum Gasteiger partial charge on any atom is 0.340 e. The van der Waals surface area contributed by atoms with Crippen LogP contribution in [-0.4, -0.2) is 24.2 Å². The van der Waals surface area contributed by atoms with E-state index in [1.807, 2.05) is 0 Å². The number of fused-ring (bicyclic) bond motifs is 1. The SMILES string of the molecule is CCOC(=O)c1c(C#Cc2ccc(=O)[nH]c2)sc2c1CCOC2. The Morgan fingerprint density at radius 2 is 2.30 bits per heavy atom. The molecule has 1 N–H and O–H groups in total. The summed E-state index contributed by atoms with van der Waals surface area (Å²) in [6.45, 7) is 3.22. The van der Waals surface area contributed by atoms with Gasteiger partial charge in [-0.05, 0) is 30.9 Å². The van der Waals surface area contributed by atoms with Crippen LogP contribution in [0.5, 0.6) is 0 Å². The van der Waals surface area contributed by atoms with Gasteiger partial charge in [-0.25, -0.2) is 4.79 Å². The number of aromatic amines is 1. The number of H-pyrrole nitrogens is 1. The highest BCUT2D eigenvalue weighted by atomic mass is 32.1. The van der Waals surface area contributed by atoms with Crippen molar-refractivity contribution < 1.29 is 14.3 Å². The summed E-state index contributed by atoms with van der Waals surface area (Å²) < 4.78 is 10.6. The average molecular weight is 329 g/mol. The third-order valence-corrected chi connectivity index (χ3v) is 4.53. The molecule has 3 heterocycles. The number of hydrogen-bond acceptors (Lipinski definition) is 5. The fraction of sp³-hybridized carbons (Fsp3) is 0.294. The monoisotopic (exact) mass is 329 g/mol. The standard InChI is InChI=1S/C17H15NO4S/c1-2-22-17(20)16-12-7-8-21-10-14(12)23-13(16)5-3-11-4-6-15(19)18-9-11/h4,6,9H,2,7-8,10H2,1H3,(H,18,19). The lowest BCUT2D eigenvalue weighted by molar-refractivity contribution is 0.0522. The van der Waals surface area contributed by atoms with E-state index >= 15 is 0 Å². The highest BCUT2D eigenvalue weighted by molar-refractivity contribution is 7.13. The lowest BCUT2D eigenvalue weighted by atomic mass is 10.0. The Labute approximate surface area is 137 Å². The summed E-state index contributed by atoms with van der Waals surface area (Å²) in [4.78, 5) is 27.6. The Bertz CT molecular complexity index is 833. The van der Waals surface area contributed by atoms with Crippen LogP contribution >= 0.6 is 11.3 Å². The van der Waals surface area contributed by atoms with Crippen LogP contribution in [0.25, 0.3) is 0 Å². The molecule has 23 heavy (non-hydrogen) atoms. The molecule has 0 amide bonds. The van der Waals surface area contributed by atoms with Crippen LogP contribution in [0.3, 0.4) is 0 Å². The molecule has 0 atom stereocenters. The van der Waals surface area contributed by atoms with Gasteiger partial charge < -0.3 is 14.5 Å². The first-order valence-electron chi connectivity index (χ1n) is 7.29. The van der Waals surface area contributed by atoms with Crippen molar-refractivity contribution in [2.45, 2.75) is 20.0 Å². The number of pyridine rings is 1. The predicted octanol–water partition coefficient (Wildman–Crippen LogP) is 2.09. The van der Waals surface area contributed by atoms with Crippen molar-refractivity contribution in [1.29, 1.82) is 0 Å². The highest BCUT2D eigenvalue weighted by Crippen LogP contribution is 2.32. The molecule has 0 unspecified atom stereocenters. The summed E-state index contributed by atoms with van der Waals surface area (Å²) in [5.74, 6) is 5.68. The van der Waals surface area contributed by atoms with Gasteiger partial charge in [-0.3, -0.25) is 4.79 Å². The number of aromatic nitrogens is 1. The van der Waals surface area contributed by atoms with E-state index in [1.54, 1.807) is 19.2 Å². The molecule has 0 aromatic carbocycles. The lowest BCUT2D eigenvalue weighted by Crippen LogP contribution is -2.13. The largest absolute Gasteiger partial charge is 0.462 e. The first-order chi connectivity index (χ1) is 11.2. The molecule has 0 aliphatic carbocycles. The maximum atomic E-state index is 12.3. The number of carbonyl (C=O) groups is 1. The number of esters is 1. The summed E-state index contributed by atoms with van der Waals surface area (Å²) >= 11 is 1.47. The molecule has 5 nitrogen and oxygen atoms in total. The van der Waals surface area contributed by atoms with Crippen LogP contribution in [0.4, 0.5) is 0 Å². The zero-order chi connectivity index (χ0) is 16.2. The molecular formula is C17H15NO4S. The van der Waals surface area contributed by atoms with Crippen LogP contribution in [0.1, 0.15) is 38.2 Å². The molecule has 1 aliphatic rings. The first-order valence-corrected chi connectivity index (χ1v) is 8.11. The summed E-state index contributed by atoms with van der Waals surface area (Å²) in [6.07, 6.45) is 2.25. The lowest BCUT2D eigenvalue weighted by Gasteiger charge is -2.12. The molecule has 118 valence electrons. The van der Waals surface area contributed by atoms with Crippen LogP contribution in [0, 0.1) is 11.8 Å². The number of ether oxygens (including phenoxy) is 2. The summed E-state index contributed by atoms with van der Waals surface area (Å²) in [5.41, 5.74) is 2.06. The fourth-order valence-corrected chi connectivity index (χ4v) is 3.48. The third-order valence-electron chi connectivity index (χ3n) is 3.40. The Balaban J connectivity index is 2.01. The Morgan fingerprint density at radius 3 is 3.04 bits per heavy atom. The number of thiophene rings is 1. The zero-order valence-electron chi connectivity index (χ0n) is 12.6. The van der Waals surface area contributed by atoms with Crippen LogP contribution in [-0.2, 0) is 22.5 Å². The quantitative estimate of drug-likeness (QED) is 0.677. The van der Waals surface area contributed by atoms with Crippen molar-refractivity contribution >= 4 is 17.3 Å². The van der Waals surface area contributed by atoms with E-state index in [0.29, 0.717) is 42.2 Å². The van der Waals surface area contributed by atoms with Gasteiger partial charge in [0.05, 0.1) is 30.3 Å². The van der Waals surface area contributed by atoms with Crippen molar-refractivity contribution in [3.63, 3.8) is 0 Å². The van der Waals surface area contributed by atoms with Gasteiger partial charge in [0, 0.05) is 22.7 Å². The summed E-state index contributed by atoms with van der Waals surface area (Å²) in [5, 5.41) is 0. The van der Waals surface area contributed by atoms with Crippen LogP contribution in [0.2, 0.25) is 0 Å². The molecular weight excluding hydrogens is 314 g/mol. The molecule has 0 spiro atoms. The van der Waals surface area contributed by atoms with Crippen LogP contribution < -0.4 is 5.56 Å². The smallest absolute Gasteiger partial charge is 0.340 e. The second-order valence-corrected chi connectivity index (χ2v) is 6.03. The topological polar surface area (TPSA) is 68.4 Å². The Kier molecular flexibility index (Phi) is 4.60. The average Bonchev–Trinajstić information content (AvgIpc) is 2.93. The van der Waals surface area contributed by atoms with Crippen molar-refractivity contribution in [1.82, 2.24) is 4.98 Å². The van der Waals surface area contributed by atoms with Gasteiger partial charge in [0.2, 0.25) is 5.56 Å². The van der Waals surface area contributed by atoms with Crippen molar-refractivity contribution in [2.75, 3.05) is 13.2 Å². The van der Waals surface area contributed by atoms with Gasteiger partial charge in [-0.1, -0.05) is 5.92 Å². The predicted molar refractivity (Wildman–Crippen MR) is 86.7 cm³/mol. The molecule has 6 heteroatoms. The van der Waals surface area contributed by atoms with Gasteiger partial charge in [-0.2, -0.15) is 0 Å². The summed E-state index contributed by atoms with van der Waals surface area (Å²) in [6, 6.07) is 3.07. The van der Waals surface area contributed by atoms with Gasteiger partial charge >= 0.3 is 5.97 Å². The molecule has 0 bridgehead atoms. The molecule has 0 fully saturated rings. The minimum atomic E-state index is -0.335. The van der Waals surface area contributed by atoms with E-state index in [-0.39, 0.29) is 11.5 Å². The molecule has 0 saturated heterocycles. The zero-order valence-corrected chi connectivity index (χ0v) is 13.4. The highest BCUT2D eigenvalue weighted by Gasteiger charge is 2.25. The molecule has 2 aromatic rings. The molecule has 0 saturated carbocycles. The van der Waals surface area contributed by atoms with Gasteiger partial charge in [0.1, 0.15) is 0 Å². The molecule has 1 aliphatic heterocycles. The molecule has 2 aromatic heterocycles. The fourth-order valence-electron chi connectivity index (χ4n) is 2.36. The van der Waals surface area contributed by atoms with E-state index in [9.17, 15) is 9.59 Å².